The highest BCUT2D eigenvalue weighted by Gasteiger charge is 2.27. The molecule has 1 aliphatic rings. The molecular formula is C34H34FNO6S. The standard InChI is InChI=1S/C34H34FNO6S/c1-21-7-8-23(35)17-31(21)41-20-29-27(15-16-30-33(29)22(2)19-34(3,4)36-30)28-14-11-25(18-32(28)40-6)42-43(37,38)26-12-9-24(39-5)10-13-26/h7-19,36H,20H2,1-6H3. The van der Waals surface area contributed by atoms with Crippen molar-refractivity contribution in [2.24, 2.45) is 0 Å². The van der Waals surface area contributed by atoms with Crippen LogP contribution in [0.4, 0.5) is 10.1 Å². The zero-order valence-corrected chi connectivity index (χ0v) is 25.8. The van der Waals surface area contributed by atoms with Gasteiger partial charge in [0, 0.05) is 34.5 Å². The average Bonchev–Trinajstić information content (AvgIpc) is 2.96. The van der Waals surface area contributed by atoms with Crippen molar-refractivity contribution in [2.45, 2.75) is 44.7 Å². The van der Waals surface area contributed by atoms with E-state index in [2.05, 4.69) is 32.2 Å². The molecule has 5 rings (SSSR count). The fourth-order valence-corrected chi connectivity index (χ4v) is 6.27. The Hall–Kier alpha value is -4.50. The first-order chi connectivity index (χ1) is 20.4. The van der Waals surface area contributed by atoms with Gasteiger partial charge < -0.3 is 23.7 Å². The van der Waals surface area contributed by atoms with Gasteiger partial charge in [-0.1, -0.05) is 18.2 Å². The number of allylic oxidation sites excluding steroid dienone is 1. The van der Waals surface area contributed by atoms with Crippen LogP contribution in [0.15, 0.2) is 83.8 Å². The largest absolute Gasteiger partial charge is 0.497 e. The average molecular weight is 604 g/mol. The Labute approximate surface area is 252 Å². The number of benzene rings is 4. The van der Waals surface area contributed by atoms with Crippen molar-refractivity contribution in [1.29, 1.82) is 0 Å². The fourth-order valence-electron chi connectivity index (χ4n) is 5.34. The molecule has 1 aliphatic heterocycles. The third-order valence-electron chi connectivity index (χ3n) is 7.28. The molecule has 1 N–H and O–H groups in total. The van der Waals surface area contributed by atoms with Crippen LogP contribution in [0.25, 0.3) is 16.7 Å². The van der Waals surface area contributed by atoms with Crippen LogP contribution in [0.5, 0.6) is 23.0 Å². The number of hydrogen-bond donors (Lipinski definition) is 1. The fraction of sp³-hybridized carbons (Fsp3) is 0.235. The molecule has 0 bridgehead atoms. The van der Waals surface area contributed by atoms with E-state index in [1.54, 1.807) is 36.4 Å². The second kappa shape index (κ2) is 11.6. The molecule has 0 saturated heterocycles. The van der Waals surface area contributed by atoms with Crippen LogP contribution >= 0.6 is 0 Å². The topological polar surface area (TPSA) is 83.1 Å². The monoisotopic (exact) mass is 603 g/mol. The summed E-state index contributed by atoms with van der Waals surface area (Å²) in [5.74, 6) is 1.12. The first kappa shape index (κ1) is 30.0. The van der Waals surface area contributed by atoms with E-state index in [1.807, 2.05) is 19.1 Å². The minimum atomic E-state index is -4.10. The van der Waals surface area contributed by atoms with E-state index in [0.29, 0.717) is 22.8 Å². The van der Waals surface area contributed by atoms with E-state index in [-0.39, 0.29) is 28.6 Å². The molecule has 0 spiro atoms. The van der Waals surface area contributed by atoms with Crippen molar-refractivity contribution in [3.63, 3.8) is 0 Å². The lowest BCUT2D eigenvalue weighted by Gasteiger charge is -2.33. The summed E-state index contributed by atoms with van der Waals surface area (Å²) < 4.78 is 62.5. The van der Waals surface area contributed by atoms with Crippen molar-refractivity contribution in [3.05, 3.63) is 101 Å². The molecule has 0 unspecified atom stereocenters. The molecule has 224 valence electrons. The molecule has 0 amide bonds. The summed E-state index contributed by atoms with van der Waals surface area (Å²) in [6.45, 7) is 8.28. The van der Waals surface area contributed by atoms with E-state index in [1.165, 1.54) is 38.5 Å². The summed E-state index contributed by atoms with van der Waals surface area (Å²) in [6.07, 6.45) is 2.16. The highest BCUT2D eigenvalue weighted by molar-refractivity contribution is 7.87. The van der Waals surface area contributed by atoms with Gasteiger partial charge in [-0.2, -0.15) is 8.42 Å². The highest BCUT2D eigenvalue weighted by Crippen LogP contribution is 2.44. The van der Waals surface area contributed by atoms with Crippen molar-refractivity contribution in [1.82, 2.24) is 0 Å². The maximum absolute atomic E-state index is 14.1. The van der Waals surface area contributed by atoms with Gasteiger partial charge in [-0.25, -0.2) is 4.39 Å². The van der Waals surface area contributed by atoms with Crippen LogP contribution in [-0.4, -0.2) is 28.2 Å². The molecular weight excluding hydrogens is 569 g/mol. The van der Waals surface area contributed by atoms with Gasteiger partial charge in [-0.05, 0) is 92.9 Å². The number of nitrogens with one attached hydrogen (secondary N) is 1. The van der Waals surface area contributed by atoms with Crippen molar-refractivity contribution in [3.8, 4) is 34.1 Å². The van der Waals surface area contributed by atoms with Crippen LogP contribution < -0.4 is 23.7 Å². The molecule has 0 aliphatic carbocycles. The molecule has 1 heterocycles. The van der Waals surface area contributed by atoms with E-state index in [0.717, 1.165) is 33.5 Å². The Balaban J connectivity index is 1.56. The summed E-state index contributed by atoms with van der Waals surface area (Å²) >= 11 is 0. The zero-order valence-electron chi connectivity index (χ0n) is 24.9. The first-order valence-electron chi connectivity index (χ1n) is 13.7. The summed E-state index contributed by atoms with van der Waals surface area (Å²) in [5, 5.41) is 3.57. The first-order valence-corrected chi connectivity index (χ1v) is 15.1. The van der Waals surface area contributed by atoms with Gasteiger partial charge >= 0.3 is 10.1 Å². The van der Waals surface area contributed by atoms with Crippen LogP contribution in [0.2, 0.25) is 0 Å². The lowest BCUT2D eigenvalue weighted by atomic mass is 9.85. The Morgan fingerprint density at radius 3 is 2.21 bits per heavy atom. The van der Waals surface area contributed by atoms with E-state index in [4.69, 9.17) is 18.4 Å². The lowest BCUT2D eigenvalue weighted by Crippen LogP contribution is -2.32. The molecule has 9 heteroatoms. The third-order valence-corrected chi connectivity index (χ3v) is 8.54. The predicted molar refractivity (Wildman–Crippen MR) is 166 cm³/mol. The van der Waals surface area contributed by atoms with Gasteiger partial charge in [-0.15, -0.1) is 0 Å². The number of halogens is 1. The number of anilines is 1. The van der Waals surface area contributed by atoms with Crippen LogP contribution in [-0.2, 0) is 16.7 Å². The molecule has 0 atom stereocenters. The number of aryl methyl sites for hydroxylation is 1. The molecule has 0 radical (unpaired) electrons. The van der Waals surface area contributed by atoms with Gasteiger partial charge in [0.05, 0.1) is 19.8 Å². The van der Waals surface area contributed by atoms with Crippen molar-refractivity contribution >= 4 is 21.4 Å². The minimum absolute atomic E-state index is 0.00389. The summed E-state index contributed by atoms with van der Waals surface area (Å²) in [4.78, 5) is -0.00389. The van der Waals surface area contributed by atoms with Crippen molar-refractivity contribution in [2.75, 3.05) is 19.5 Å². The smallest absolute Gasteiger partial charge is 0.339 e. The number of hydrogen-bond acceptors (Lipinski definition) is 7. The number of methoxy groups -OCH3 is 2. The van der Waals surface area contributed by atoms with Gasteiger partial charge in [-0.3, -0.25) is 0 Å². The quantitative estimate of drug-likeness (QED) is 0.196. The van der Waals surface area contributed by atoms with Crippen LogP contribution in [0.1, 0.15) is 37.5 Å². The zero-order chi connectivity index (χ0) is 30.9. The van der Waals surface area contributed by atoms with Gasteiger partial charge in [0.15, 0.2) is 0 Å². The van der Waals surface area contributed by atoms with Crippen molar-refractivity contribution < 1.29 is 31.2 Å². The SMILES string of the molecule is COc1ccc(S(=O)(=O)Oc2ccc(-c3ccc4c(c3COc3cc(F)ccc3C)C(C)=CC(C)(C)N4)c(OC)c2)cc1. The summed E-state index contributed by atoms with van der Waals surface area (Å²) in [6, 6.07) is 19.3. The molecule has 4 aromatic rings. The van der Waals surface area contributed by atoms with Gasteiger partial charge in [0.25, 0.3) is 0 Å². The Kier molecular flexibility index (Phi) is 8.12. The molecule has 4 aromatic carbocycles. The molecule has 43 heavy (non-hydrogen) atoms. The van der Waals surface area contributed by atoms with E-state index in [9.17, 15) is 12.8 Å². The molecule has 7 nitrogen and oxygen atoms in total. The molecule has 0 aromatic heterocycles. The Bertz CT molecular complexity index is 1810. The number of ether oxygens (including phenoxy) is 3. The second-order valence-corrected chi connectivity index (χ2v) is 12.5. The normalized spacial score (nSPS) is 13.8. The summed E-state index contributed by atoms with van der Waals surface area (Å²) in [5.41, 5.74) is 5.98. The lowest BCUT2D eigenvalue weighted by molar-refractivity contribution is 0.302. The third kappa shape index (κ3) is 6.32. The second-order valence-electron chi connectivity index (χ2n) is 11.0. The summed E-state index contributed by atoms with van der Waals surface area (Å²) in [7, 11) is -1.08. The number of fused-ring (bicyclic) bond motifs is 1. The maximum atomic E-state index is 14.1. The van der Waals surface area contributed by atoms with Crippen LogP contribution in [0, 0.1) is 12.7 Å². The molecule has 0 fully saturated rings. The number of rotatable bonds is 9. The van der Waals surface area contributed by atoms with Gasteiger partial charge in [0.1, 0.15) is 40.3 Å². The van der Waals surface area contributed by atoms with E-state index < -0.39 is 10.1 Å². The molecule has 0 saturated carbocycles. The minimum Gasteiger partial charge on any atom is -0.497 e. The Morgan fingerprint density at radius 1 is 0.814 bits per heavy atom. The van der Waals surface area contributed by atoms with E-state index >= 15 is 0 Å². The maximum Gasteiger partial charge on any atom is 0.339 e. The highest BCUT2D eigenvalue weighted by atomic mass is 32.2. The predicted octanol–water partition coefficient (Wildman–Crippen LogP) is 7.77. The Morgan fingerprint density at radius 2 is 1.51 bits per heavy atom. The van der Waals surface area contributed by atoms with Gasteiger partial charge in [0.2, 0.25) is 0 Å². The van der Waals surface area contributed by atoms with Crippen LogP contribution in [0.3, 0.4) is 0 Å².